The number of pyridine rings is 2. The number of ether oxygens (including phenoxy) is 1. The van der Waals surface area contributed by atoms with Crippen LogP contribution >= 0.6 is 0 Å². The van der Waals surface area contributed by atoms with Crippen LogP contribution in [0, 0.1) is 0 Å². The second-order valence-electron chi connectivity index (χ2n) is 7.55. The summed E-state index contributed by atoms with van der Waals surface area (Å²) in [5, 5.41) is 3.18. The van der Waals surface area contributed by atoms with E-state index >= 15 is 0 Å². The van der Waals surface area contributed by atoms with Crippen LogP contribution in [0.1, 0.15) is 0 Å². The van der Waals surface area contributed by atoms with Crippen LogP contribution in [0.2, 0.25) is 0 Å². The molecule has 4 N–H and O–H groups in total. The molecule has 0 unspecified atom stereocenters. The quantitative estimate of drug-likeness (QED) is 0.310. The number of primary amides is 1. The van der Waals surface area contributed by atoms with Gasteiger partial charge in [-0.25, -0.2) is 8.42 Å². The maximum Gasteiger partial charge on any atom is 0.272 e. The number of aromatic amines is 1. The monoisotopic (exact) mass is 507 g/mol. The number of rotatable bonds is 9. The molecule has 0 aliphatic rings. The Labute approximate surface area is 205 Å². The van der Waals surface area contributed by atoms with E-state index in [2.05, 4.69) is 15.3 Å². The number of sulfonamides is 1. The van der Waals surface area contributed by atoms with Gasteiger partial charge in [0.2, 0.25) is 5.91 Å². The number of amides is 2. The molecule has 2 amide bonds. The maximum atomic E-state index is 13.8. The smallest absolute Gasteiger partial charge is 0.272 e. The van der Waals surface area contributed by atoms with Gasteiger partial charge in [-0.05, 0) is 48.5 Å². The molecule has 0 aliphatic carbocycles. The highest BCUT2D eigenvalue weighted by Crippen LogP contribution is 2.26. The summed E-state index contributed by atoms with van der Waals surface area (Å²) in [6.45, 7) is -0.980. The van der Waals surface area contributed by atoms with Crippen molar-refractivity contribution >= 4 is 44.1 Å². The largest absolute Gasteiger partial charge is 0.484 e. The standard InChI is InChI=1S/C24H21N5O6S/c25-21(30)15-35-18-10-8-17(9-11-18)28-22(31)14-29(19-6-3-13-27-24(19)32)36(33,34)20-7-1-4-16-5-2-12-26-23(16)20/h1-13H,14-15H2,(H2,25,30)(H,27,32)(H,28,31). The Morgan fingerprint density at radius 2 is 1.78 bits per heavy atom. The number of hydrogen-bond acceptors (Lipinski definition) is 7. The average Bonchev–Trinajstić information content (AvgIpc) is 2.87. The molecule has 4 rings (SSSR count). The SMILES string of the molecule is NC(=O)COc1ccc(NC(=O)CN(c2ccc[nH]c2=O)S(=O)(=O)c2cccc3cccnc23)cc1. The van der Waals surface area contributed by atoms with Gasteiger partial charge in [-0.3, -0.25) is 23.7 Å². The van der Waals surface area contributed by atoms with Crippen molar-refractivity contribution in [3.05, 3.63) is 89.5 Å². The second-order valence-corrected chi connectivity index (χ2v) is 9.39. The first-order valence-electron chi connectivity index (χ1n) is 10.6. The van der Waals surface area contributed by atoms with Gasteiger partial charge in [-0.15, -0.1) is 0 Å². The molecule has 0 saturated heterocycles. The molecule has 0 spiro atoms. The number of aromatic nitrogens is 2. The lowest BCUT2D eigenvalue weighted by atomic mass is 10.2. The molecule has 0 radical (unpaired) electrons. The van der Waals surface area contributed by atoms with Crippen molar-refractivity contribution in [1.29, 1.82) is 0 Å². The molecule has 11 nitrogen and oxygen atoms in total. The molecule has 0 atom stereocenters. The number of nitrogens with zero attached hydrogens (tertiary/aromatic N) is 2. The minimum Gasteiger partial charge on any atom is -0.484 e. The number of fused-ring (bicyclic) bond motifs is 1. The van der Waals surface area contributed by atoms with Crippen LogP contribution in [-0.4, -0.2) is 43.4 Å². The third-order valence-corrected chi connectivity index (χ3v) is 6.83. The van der Waals surface area contributed by atoms with E-state index in [1.807, 2.05) is 0 Å². The summed E-state index contributed by atoms with van der Waals surface area (Å²) in [5.41, 5.74) is 4.69. The lowest BCUT2D eigenvalue weighted by Crippen LogP contribution is -2.40. The summed E-state index contributed by atoms with van der Waals surface area (Å²) >= 11 is 0. The second kappa shape index (κ2) is 10.3. The number of carbonyl (C=O) groups excluding carboxylic acids is 2. The predicted octanol–water partition coefficient (Wildman–Crippen LogP) is 1.62. The molecule has 4 aromatic rings. The lowest BCUT2D eigenvalue weighted by molar-refractivity contribution is -0.120. The molecule has 2 aromatic heterocycles. The zero-order valence-corrected chi connectivity index (χ0v) is 19.6. The highest BCUT2D eigenvalue weighted by atomic mass is 32.2. The topological polar surface area (TPSA) is 165 Å². The Hall–Kier alpha value is -4.71. The number of nitrogens with two attached hydrogens (primary N) is 1. The van der Waals surface area contributed by atoms with Crippen LogP contribution in [-0.2, 0) is 19.6 Å². The molecule has 0 bridgehead atoms. The van der Waals surface area contributed by atoms with E-state index in [1.54, 1.807) is 24.3 Å². The summed E-state index contributed by atoms with van der Waals surface area (Å²) in [6.07, 6.45) is 2.82. The normalized spacial score (nSPS) is 11.1. The first kappa shape index (κ1) is 24.4. The average molecular weight is 508 g/mol. The Morgan fingerprint density at radius 3 is 2.50 bits per heavy atom. The van der Waals surface area contributed by atoms with E-state index in [-0.39, 0.29) is 22.7 Å². The van der Waals surface area contributed by atoms with Gasteiger partial charge < -0.3 is 20.8 Å². The van der Waals surface area contributed by atoms with Crippen molar-refractivity contribution in [3.8, 4) is 5.75 Å². The van der Waals surface area contributed by atoms with E-state index in [0.717, 1.165) is 4.31 Å². The third-order valence-electron chi connectivity index (χ3n) is 5.04. The Morgan fingerprint density at radius 1 is 1.03 bits per heavy atom. The maximum absolute atomic E-state index is 13.8. The summed E-state index contributed by atoms with van der Waals surface area (Å²) < 4.78 is 33.4. The molecule has 12 heteroatoms. The summed E-state index contributed by atoms with van der Waals surface area (Å²) in [7, 11) is -4.39. The molecular formula is C24H21N5O6S. The fraction of sp³-hybridized carbons (Fsp3) is 0.0833. The minimum atomic E-state index is -4.39. The van der Waals surface area contributed by atoms with E-state index in [1.165, 1.54) is 54.9 Å². The highest BCUT2D eigenvalue weighted by Gasteiger charge is 2.31. The fourth-order valence-corrected chi connectivity index (χ4v) is 5.02. The third kappa shape index (κ3) is 5.33. The van der Waals surface area contributed by atoms with Gasteiger partial charge in [0.25, 0.3) is 21.5 Å². The van der Waals surface area contributed by atoms with Crippen LogP contribution in [0.3, 0.4) is 0 Å². The van der Waals surface area contributed by atoms with Crippen LogP contribution in [0.25, 0.3) is 10.9 Å². The zero-order valence-electron chi connectivity index (χ0n) is 18.7. The van der Waals surface area contributed by atoms with Gasteiger partial charge in [0.15, 0.2) is 6.61 Å². The molecule has 36 heavy (non-hydrogen) atoms. The van der Waals surface area contributed by atoms with E-state index < -0.39 is 33.9 Å². The Bertz CT molecular complexity index is 1580. The number of para-hydroxylation sites is 1. The van der Waals surface area contributed by atoms with Crippen molar-refractivity contribution in [1.82, 2.24) is 9.97 Å². The Balaban J connectivity index is 1.65. The van der Waals surface area contributed by atoms with Crippen LogP contribution in [0.5, 0.6) is 5.75 Å². The number of H-pyrrole nitrogens is 1. The number of benzene rings is 2. The van der Waals surface area contributed by atoms with E-state index in [0.29, 0.717) is 16.8 Å². The van der Waals surface area contributed by atoms with E-state index in [9.17, 15) is 22.8 Å². The number of nitrogens with one attached hydrogen (secondary N) is 2. The van der Waals surface area contributed by atoms with Gasteiger partial charge >= 0.3 is 0 Å². The summed E-state index contributed by atoms with van der Waals surface area (Å²) in [4.78, 5) is 42.8. The van der Waals surface area contributed by atoms with Crippen LogP contribution in [0.15, 0.2) is 88.8 Å². The number of carbonyl (C=O) groups is 2. The summed E-state index contributed by atoms with van der Waals surface area (Å²) in [6, 6.07) is 16.9. The summed E-state index contributed by atoms with van der Waals surface area (Å²) in [5.74, 6) is -0.970. The molecule has 0 saturated carbocycles. The lowest BCUT2D eigenvalue weighted by Gasteiger charge is -2.23. The van der Waals surface area contributed by atoms with Crippen molar-refractivity contribution in [2.45, 2.75) is 4.90 Å². The van der Waals surface area contributed by atoms with Gasteiger partial charge in [0.05, 0.1) is 5.52 Å². The molecule has 184 valence electrons. The van der Waals surface area contributed by atoms with Crippen LogP contribution in [0.4, 0.5) is 11.4 Å². The molecule has 2 heterocycles. The van der Waals surface area contributed by atoms with Gasteiger partial charge in [-0.1, -0.05) is 18.2 Å². The first-order valence-corrected chi connectivity index (χ1v) is 12.0. The molecule has 2 aromatic carbocycles. The van der Waals surface area contributed by atoms with Crippen LogP contribution < -0.4 is 25.7 Å². The number of hydrogen-bond donors (Lipinski definition) is 3. The van der Waals surface area contributed by atoms with Crippen molar-refractivity contribution in [3.63, 3.8) is 0 Å². The molecule has 0 aliphatic heterocycles. The zero-order chi connectivity index (χ0) is 25.7. The number of anilines is 2. The Kier molecular flexibility index (Phi) is 6.97. The van der Waals surface area contributed by atoms with Crippen molar-refractivity contribution in [2.75, 3.05) is 22.8 Å². The minimum absolute atomic E-state index is 0.146. The van der Waals surface area contributed by atoms with Gasteiger partial charge in [0.1, 0.15) is 22.9 Å². The predicted molar refractivity (Wildman–Crippen MR) is 133 cm³/mol. The van der Waals surface area contributed by atoms with Crippen molar-refractivity contribution < 1.29 is 22.7 Å². The first-order chi connectivity index (χ1) is 17.3. The van der Waals surface area contributed by atoms with E-state index in [4.69, 9.17) is 10.5 Å². The molecule has 0 fully saturated rings. The van der Waals surface area contributed by atoms with Gasteiger partial charge in [0, 0.05) is 23.5 Å². The fourth-order valence-electron chi connectivity index (χ4n) is 3.43. The molecular weight excluding hydrogens is 486 g/mol. The highest BCUT2D eigenvalue weighted by molar-refractivity contribution is 7.93. The van der Waals surface area contributed by atoms with Gasteiger partial charge in [-0.2, -0.15) is 0 Å². The van der Waals surface area contributed by atoms with Crippen molar-refractivity contribution in [2.24, 2.45) is 5.73 Å².